The predicted molar refractivity (Wildman–Crippen MR) is 88.0 cm³/mol. The summed E-state index contributed by atoms with van der Waals surface area (Å²) in [6.07, 6.45) is 1.39. The second-order valence-corrected chi connectivity index (χ2v) is 6.13. The van der Waals surface area contributed by atoms with Gasteiger partial charge >= 0.3 is 5.97 Å². The van der Waals surface area contributed by atoms with Gasteiger partial charge in [-0.15, -0.1) is 0 Å². The number of hydrogen-bond acceptors (Lipinski definition) is 3. The second kappa shape index (κ2) is 5.84. The first-order valence-electron chi connectivity index (χ1n) is 7.59. The number of hydrogen-bond donors (Lipinski definition) is 1. The van der Waals surface area contributed by atoms with Gasteiger partial charge in [-0.25, -0.2) is 0 Å². The van der Waals surface area contributed by atoms with Crippen molar-refractivity contribution in [2.24, 2.45) is 5.41 Å². The summed E-state index contributed by atoms with van der Waals surface area (Å²) in [4.78, 5) is 12.5. The summed E-state index contributed by atoms with van der Waals surface area (Å²) in [5.41, 5.74) is 4.15. The van der Waals surface area contributed by atoms with Crippen molar-refractivity contribution in [3.8, 4) is 0 Å². The summed E-state index contributed by atoms with van der Waals surface area (Å²) in [5.74, 6) is -0.143. The van der Waals surface area contributed by atoms with E-state index in [9.17, 15) is 4.79 Å². The maximum atomic E-state index is 12.5. The minimum absolute atomic E-state index is 0.143. The van der Waals surface area contributed by atoms with Gasteiger partial charge in [-0.2, -0.15) is 0 Å². The summed E-state index contributed by atoms with van der Waals surface area (Å²) in [5, 5.41) is 3.43. The lowest BCUT2D eigenvalue weighted by Crippen LogP contribution is -2.45. The number of methoxy groups -OCH3 is 1. The fourth-order valence-corrected chi connectivity index (χ4v) is 3.25. The third-order valence-electron chi connectivity index (χ3n) is 4.42. The standard InChI is InChI=1S/C19H21NO2/c1-14-8-9-16-12-19(18(21)22-2,13-20-17(16)10-14)11-15-6-4-3-5-7-15/h3-10,20H,11-13H2,1-2H3/t19-/m1/s1. The van der Waals surface area contributed by atoms with Crippen LogP contribution in [0, 0.1) is 12.3 Å². The zero-order chi connectivity index (χ0) is 15.6. The van der Waals surface area contributed by atoms with Crippen LogP contribution >= 0.6 is 0 Å². The first-order valence-corrected chi connectivity index (χ1v) is 7.59. The van der Waals surface area contributed by atoms with E-state index in [1.165, 1.54) is 18.2 Å². The molecule has 2 aromatic carbocycles. The number of rotatable bonds is 3. The van der Waals surface area contributed by atoms with E-state index in [1.54, 1.807) is 0 Å². The summed E-state index contributed by atoms with van der Waals surface area (Å²) in [6.45, 7) is 2.68. The molecule has 0 fully saturated rings. The van der Waals surface area contributed by atoms with Gasteiger partial charge in [0.15, 0.2) is 0 Å². The summed E-state index contributed by atoms with van der Waals surface area (Å²) >= 11 is 0. The van der Waals surface area contributed by atoms with Gasteiger partial charge in [-0.1, -0.05) is 42.5 Å². The molecule has 0 aliphatic carbocycles. The Hall–Kier alpha value is -2.29. The van der Waals surface area contributed by atoms with Gasteiger partial charge in [0, 0.05) is 12.2 Å². The molecule has 22 heavy (non-hydrogen) atoms. The molecule has 0 aromatic heterocycles. The number of ether oxygens (including phenoxy) is 1. The van der Waals surface area contributed by atoms with Crippen LogP contribution in [0.3, 0.4) is 0 Å². The topological polar surface area (TPSA) is 38.3 Å². The molecule has 3 nitrogen and oxygen atoms in total. The normalized spacial score (nSPS) is 19.9. The molecule has 0 radical (unpaired) electrons. The highest BCUT2D eigenvalue weighted by molar-refractivity contribution is 5.80. The summed E-state index contributed by atoms with van der Waals surface area (Å²) < 4.78 is 5.13. The van der Waals surface area contributed by atoms with Crippen LogP contribution in [0.4, 0.5) is 5.69 Å². The molecule has 0 saturated heterocycles. The Morgan fingerprint density at radius 2 is 2.00 bits per heavy atom. The Kier molecular flexibility index (Phi) is 3.88. The monoisotopic (exact) mass is 295 g/mol. The molecule has 1 heterocycles. The lowest BCUT2D eigenvalue weighted by Gasteiger charge is -2.36. The summed E-state index contributed by atoms with van der Waals surface area (Å²) in [7, 11) is 1.47. The molecule has 0 saturated carbocycles. The van der Waals surface area contributed by atoms with Crippen molar-refractivity contribution in [3.63, 3.8) is 0 Å². The highest BCUT2D eigenvalue weighted by atomic mass is 16.5. The quantitative estimate of drug-likeness (QED) is 0.882. The average molecular weight is 295 g/mol. The second-order valence-electron chi connectivity index (χ2n) is 6.13. The van der Waals surface area contributed by atoms with Crippen molar-refractivity contribution in [1.29, 1.82) is 0 Å². The van der Waals surface area contributed by atoms with Crippen LogP contribution in [0.1, 0.15) is 16.7 Å². The molecule has 2 aromatic rings. The number of nitrogens with one attached hydrogen (secondary N) is 1. The lowest BCUT2D eigenvalue weighted by molar-refractivity contribution is -0.152. The van der Waals surface area contributed by atoms with Crippen LogP contribution in [0.5, 0.6) is 0 Å². The first-order chi connectivity index (χ1) is 10.6. The summed E-state index contributed by atoms with van der Waals surface area (Å²) in [6, 6.07) is 16.5. The van der Waals surface area contributed by atoms with Crippen LogP contribution in [-0.2, 0) is 22.4 Å². The molecule has 0 spiro atoms. The van der Waals surface area contributed by atoms with E-state index in [0.717, 1.165) is 11.3 Å². The van der Waals surface area contributed by atoms with Gasteiger partial charge in [-0.3, -0.25) is 4.79 Å². The van der Waals surface area contributed by atoms with Crippen LogP contribution < -0.4 is 5.32 Å². The number of fused-ring (bicyclic) bond motifs is 1. The largest absolute Gasteiger partial charge is 0.469 e. The molecule has 114 valence electrons. The van der Waals surface area contributed by atoms with Crippen LogP contribution in [0.2, 0.25) is 0 Å². The molecular formula is C19H21NO2. The van der Waals surface area contributed by atoms with Crippen LogP contribution in [-0.4, -0.2) is 19.6 Å². The molecule has 1 aliphatic rings. The highest BCUT2D eigenvalue weighted by Crippen LogP contribution is 2.37. The molecule has 1 aliphatic heterocycles. The third-order valence-corrected chi connectivity index (χ3v) is 4.42. The van der Waals surface area contributed by atoms with E-state index in [-0.39, 0.29) is 5.97 Å². The average Bonchev–Trinajstić information content (AvgIpc) is 2.55. The van der Waals surface area contributed by atoms with E-state index >= 15 is 0 Å². The maximum Gasteiger partial charge on any atom is 0.314 e. The number of carbonyl (C=O) groups is 1. The smallest absolute Gasteiger partial charge is 0.314 e. The Morgan fingerprint density at radius 1 is 1.23 bits per heavy atom. The maximum absolute atomic E-state index is 12.5. The van der Waals surface area contributed by atoms with Crippen molar-refractivity contribution in [2.75, 3.05) is 19.0 Å². The Labute approximate surface area is 131 Å². The minimum Gasteiger partial charge on any atom is -0.469 e. The Morgan fingerprint density at radius 3 is 2.73 bits per heavy atom. The fourth-order valence-electron chi connectivity index (χ4n) is 3.25. The third kappa shape index (κ3) is 2.71. The van der Waals surface area contributed by atoms with Crippen molar-refractivity contribution in [1.82, 2.24) is 0 Å². The van der Waals surface area contributed by atoms with Crippen molar-refractivity contribution in [2.45, 2.75) is 19.8 Å². The van der Waals surface area contributed by atoms with E-state index in [4.69, 9.17) is 4.74 Å². The van der Waals surface area contributed by atoms with Crippen LogP contribution in [0.25, 0.3) is 0 Å². The molecule has 3 heteroatoms. The van der Waals surface area contributed by atoms with Crippen molar-refractivity contribution >= 4 is 11.7 Å². The van der Waals surface area contributed by atoms with E-state index in [0.29, 0.717) is 19.4 Å². The SMILES string of the molecule is COC(=O)[C@@]1(Cc2ccccc2)CNc2cc(C)ccc2C1. The Bertz CT molecular complexity index is 681. The number of carbonyl (C=O) groups excluding carboxylic acids is 1. The van der Waals surface area contributed by atoms with Crippen molar-refractivity contribution in [3.05, 3.63) is 65.2 Å². The fraction of sp³-hybridized carbons (Fsp3) is 0.316. The zero-order valence-corrected chi connectivity index (χ0v) is 13.1. The van der Waals surface area contributed by atoms with Crippen molar-refractivity contribution < 1.29 is 9.53 Å². The molecular weight excluding hydrogens is 274 g/mol. The van der Waals surface area contributed by atoms with E-state index < -0.39 is 5.41 Å². The number of anilines is 1. The number of aryl methyl sites for hydroxylation is 1. The van der Waals surface area contributed by atoms with E-state index in [1.807, 2.05) is 18.2 Å². The van der Waals surface area contributed by atoms with Gasteiger partial charge in [0.1, 0.15) is 0 Å². The van der Waals surface area contributed by atoms with Gasteiger partial charge < -0.3 is 10.1 Å². The van der Waals surface area contributed by atoms with E-state index in [2.05, 4.69) is 42.6 Å². The lowest BCUT2D eigenvalue weighted by atomic mass is 9.74. The minimum atomic E-state index is -0.543. The molecule has 1 N–H and O–H groups in total. The molecule has 3 rings (SSSR count). The molecule has 1 atom stereocenters. The van der Waals surface area contributed by atoms with Gasteiger partial charge in [0.25, 0.3) is 0 Å². The van der Waals surface area contributed by atoms with Gasteiger partial charge in [0.05, 0.1) is 12.5 Å². The Balaban J connectivity index is 1.95. The molecule has 0 unspecified atom stereocenters. The first kappa shape index (κ1) is 14.6. The van der Waals surface area contributed by atoms with Gasteiger partial charge in [0.2, 0.25) is 0 Å². The van der Waals surface area contributed by atoms with Crippen LogP contribution in [0.15, 0.2) is 48.5 Å². The molecule has 0 amide bonds. The number of benzene rings is 2. The highest BCUT2D eigenvalue weighted by Gasteiger charge is 2.42. The van der Waals surface area contributed by atoms with Gasteiger partial charge in [-0.05, 0) is 42.5 Å². The predicted octanol–water partition coefficient (Wildman–Crippen LogP) is 3.37. The number of esters is 1. The molecule has 0 bridgehead atoms. The zero-order valence-electron chi connectivity index (χ0n) is 13.1.